The summed E-state index contributed by atoms with van der Waals surface area (Å²) < 4.78 is 47.4. The molecule has 1 aromatic heterocycles. The third kappa shape index (κ3) is 7.68. The number of nitrogens with one attached hydrogen (secondary N) is 2. The fourth-order valence-electron chi connectivity index (χ4n) is 5.83. The third-order valence-corrected chi connectivity index (χ3v) is 8.07. The van der Waals surface area contributed by atoms with Gasteiger partial charge in [0.1, 0.15) is 5.75 Å². The second-order valence-electron chi connectivity index (χ2n) is 11.0. The van der Waals surface area contributed by atoms with Crippen LogP contribution in [-0.2, 0) is 22.2 Å². The van der Waals surface area contributed by atoms with Gasteiger partial charge in [-0.05, 0) is 76.4 Å². The summed E-state index contributed by atoms with van der Waals surface area (Å²) in [6, 6.07) is 4.54. The molecule has 0 spiro atoms. The normalized spacial score (nSPS) is 20.2. The number of piperidine rings is 1. The van der Waals surface area contributed by atoms with Crippen LogP contribution in [0.1, 0.15) is 67.1 Å². The van der Waals surface area contributed by atoms with Crippen LogP contribution in [0.2, 0.25) is 0 Å². The molecule has 1 aliphatic heterocycles. The predicted octanol–water partition coefficient (Wildman–Crippen LogP) is 4.58. The molecule has 0 bridgehead atoms. The number of halogens is 3. The minimum absolute atomic E-state index is 0.00292. The van der Waals surface area contributed by atoms with Gasteiger partial charge < -0.3 is 20.3 Å². The van der Waals surface area contributed by atoms with Crippen LogP contribution < -0.4 is 15.4 Å². The zero-order valence-electron chi connectivity index (χ0n) is 24.5. The lowest BCUT2D eigenvalue weighted by Crippen LogP contribution is -2.45. The predicted molar refractivity (Wildman–Crippen MR) is 150 cm³/mol. The number of aromatic nitrogens is 2. The van der Waals surface area contributed by atoms with E-state index in [1.807, 2.05) is 7.05 Å². The monoisotopic (exact) mass is 592 g/mol. The van der Waals surface area contributed by atoms with Crippen molar-refractivity contribution in [2.24, 2.45) is 5.92 Å². The number of hydroxylamine groups is 2. The molecule has 2 amide bonds. The molecular formula is C29H39F3N6O4. The second-order valence-corrected chi connectivity index (χ2v) is 11.0. The van der Waals surface area contributed by atoms with E-state index in [1.165, 1.54) is 26.2 Å². The fourth-order valence-corrected chi connectivity index (χ4v) is 5.83. The molecule has 4 rings (SSSR count). The van der Waals surface area contributed by atoms with Gasteiger partial charge in [-0.15, -0.1) is 0 Å². The van der Waals surface area contributed by atoms with Crippen LogP contribution in [0.25, 0.3) is 0 Å². The van der Waals surface area contributed by atoms with Crippen molar-refractivity contribution in [3.63, 3.8) is 0 Å². The first-order valence-electron chi connectivity index (χ1n) is 14.2. The van der Waals surface area contributed by atoms with Crippen LogP contribution >= 0.6 is 0 Å². The molecule has 0 unspecified atom stereocenters. The minimum atomic E-state index is -4.65. The summed E-state index contributed by atoms with van der Waals surface area (Å²) in [5, 5.41) is 7.27. The molecule has 2 aliphatic rings. The number of likely N-dealkylation sites (tertiary alicyclic amines) is 1. The van der Waals surface area contributed by atoms with Gasteiger partial charge in [0.15, 0.2) is 0 Å². The highest BCUT2D eigenvalue weighted by Crippen LogP contribution is 2.37. The van der Waals surface area contributed by atoms with Crippen molar-refractivity contribution < 1.29 is 32.3 Å². The molecule has 1 aliphatic carbocycles. The quantitative estimate of drug-likeness (QED) is 0.408. The van der Waals surface area contributed by atoms with Crippen molar-refractivity contribution in [3.05, 3.63) is 41.2 Å². The maximum Gasteiger partial charge on any atom is 0.419 e. The van der Waals surface area contributed by atoms with Gasteiger partial charge in [-0.3, -0.25) is 14.4 Å². The molecule has 10 nitrogen and oxygen atoms in total. The van der Waals surface area contributed by atoms with Crippen molar-refractivity contribution in [1.29, 1.82) is 0 Å². The van der Waals surface area contributed by atoms with Gasteiger partial charge in [0.2, 0.25) is 11.9 Å². The summed E-state index contributed by atoms with van der Waals surface area (Å²) in [4.78, 5) is 40.7. The molecule has 0 radical (unpaired) electrons. The average Bonchev–Trinajstić information content (AvgIpc) is 2.95. The lowest BCUT2D eigenvalue weighted by molar-refractivity contribution is -0.195. The van der Waals surface area contributed by atoms with Crippen molar-refractivity contribution >= 4 is 23.5 Å². The van der Waals surface area contributed by atoms with Gasteiger partial charge in [0.25, 0.3) is 5.91 Å². The number of alkyl halides is 3. The number of rotatable bonds is 9. The van der Waals surface area contributed by atoms with E-state index in [0.717, 1.165) is 45.0 Å². The topological polar surface area (TPSA) is 109 Å². The van der Waals surface area contributed by atoms with E-state index < -0.39 is 11.7 Å². The maximum absolute atomic E-state index is 14.0. The Morgan fingerprint density at radius 2 is 1.83 bits per heavy atom. The number of anilines is 2. The summed E-state index contributed by atoms with van der Waals surface area (Å²) >= 11 is 0. The molecule has 230 valence electrons. The SMILES string of the molecule is COc1cc(C(=O)NC2CCN(C)CC2)ccc1Nc1ncc(C(F)(F)F)c(C[C@@H]2CCCC[C@@H]2N(OC)C(C)=O)n1. The summed E-state index contributed by atoms with van der Waals surface area (Å²) in [6.45, 7) is 3.20. The van der Waals surface area contributed by atoms with E-state index in [9.17, 15) is 22.8 Å². The minimum Gasteiger partial charge on any atom is -0.495 e. The van der Waals surface area contributed by atoms with Crippen molar-refractivity contribution in [1.82, 2.24) is 25.2 Å². The molecule has 42 heavy (non-hydrogen) atoms. The highest BCUT2D eigenvalue weighted by atomic mass is 19.4. The first kappa shape index (κ1) is 31.5. The van der Waals surface area contributed by atoms with Crippen molar-refractivity contribution in [2.75, 3.05) is 39.7 Å². The van der Waals surface area contributed by atoms with Crippen LogP contribution in [-0.4, -0.2) is 78.2 Å². The van der Waals surface area contributed by atoms with Crippen molar-refractivity contribution in [2.45, 2.75) is 70.1 Å². The van der Waals surface area contributed by atoms with Crippen LogP contribution in [0.3, 0.4) is 0 Å². The Morgan fingerprint density at radius 3 is 2.48 bits per heavy atom. The Bertz CT molecular complexity index is 1250. The molecule has 2 aromatic rings. The van der Waals surface area contributed by atoms with Gasteiger partial charge in [0.05, 0.1) is 37.2 Å². The number of hydrogen-bond donors (Lipinski definition) is 2. The molecule has 1 saturated heterocycles. The number of carbonyl (C=O) groups excluding carboxylic acids is 2. The second kappa shape index (κ2) is 13.7. The molecule has 13 heteroatoms. The Hall–Kier alpha value is -3.45. The largest absolute Gasteiger partial charge is 0.495 e. The first-order chi connectivity index (χ1) is 20.0. The summed E-state index contributed by atoms with van der Waals surface area (Å²) in [5.74, 6) is -0.516. The van der Waals surface area contributed by atoms with Gasteiger partial charge in [-0.1, -0.05) is 12.8 Å². The number of nitrogens with zero attached hydrogens (tertiary/aromatic N) is 4. The molecule has 2 fully saturated rings. The average molecular weight is 593 g/mol. The van der Waals surface area contributed by atoms with Gasteiger partial charge in [-0.25, -0.2) is 15.0 Å². The Labute approximate surface area is 243 Å². The van der Waals surface area contributed by atoms with Gasteiger partial charge >= 0.3 is 6.18 Å². The molecule has 2 heterocycles. The van der Waals surface area contributed by atoms with E-state index in [-0.39, 0.29) is 47.9 Å². The summed E-state index contributed by atoms with van der Waals surface area (Å²) in [7, 11) is 4.88. The Balaban J connectivity index is 1.55. The highest BCUT2D eigenvalue weighted by Gasteiger charge is 2.38. The number of hydrogen-bond acceptors (Lipinski definition) is 8. The smallest absolute Gasteiger partial charge is 0.419 e. The van der Waals surface area contributed by atoms with Crippen LogP contribution in [0.4, 0.5) is 24.8 Å². The molecule has 1 saturated carbocycles. The number of benzene rings is 1. The van der Waals surface area contributed by atoms with Crippen LogP contribution in [0.15, 0.2) is 24.4 Å². The zero-order valence-corrected chi connectivity index (χ0v) is 24.5. The number of methoxy groups -OCH3 is 1. The number of carbonyl (C=O) groups is 2. The van der Waals surface area contributed by atoms with E-state index in [1.54, 1.807) is 18.2 Å². The Morgan fingerprint density at radius 1 is 1.12 bits per heavy atom. The molecule has 2 N–H and O–H groups in total. The van der Waals surface area contributed by atoms with Gasteiger partial charge in [-0.2, -0.15) is 13.2 Å². The maximum atomic E-state index is 14.0. The highest BCUT2D eigenvalue weighted by molar-refractivity contribution is 5.95. The fraction of sp³-hybridized carbons (Fsp3) is 0.586. The lowest BCUT2D eigenvalue weighted by Gasteiger charge is -2.38. The first-order valence-corrected chi connectivity index (χ1v) is 14.2. The number of ether oxygens (including phenoxy) is 1. The Kier molecular flexibility index (Phi) is 10.3. The number of amides is 2. The molecular weight excluding hydrogens is 553 g/mol. The van der Waals surface area contributed by atoms with E-state index in [4.69, 9.17) is 9.57 Å². The van der Waals surface area contributed by atoms with Crippen LogP contribution in [0.5, 0.6) is 5.75 Å². The lowest BCUT2D eigenvalue weighted by atomic mass is 9.81. The molecule has 1 aromatic carbocycles. The van der Waals surface area contributed by atoms with Crippen LogP contribution in [0, 0.1) is 5.92 Å². The van der Waals surface area contributed by atoms with E-state index in [2.05, 4.69) is 25.5 Å². The van der Waals surface area contributed by atoms with Crippen molar-refractivity contribution in [3.8, 4) is 5.75 Å². The zero-order chi connectivity index (χ0) is 30.4. The standard InChI is InChI=1S/C29H39F3N6O4/c1-18(39)38(42-4)25-8-6-5-7-19(25)15-24-22(29(30,31)32)17-33-28(36-24)35-23-10-9-20(16-26(23)41-3)27(40)34-21-11-13-37(2)14-12-21/h9-10,16-17,19,21,25H,5-8,11-15H2,1-4H3,(H,34,40)(H,33,35,36)/t19-,25-/m0/s1. The van der Waals surface area contributed by atoms with E-state index >= 15 is 0 Å². The summed E-state index contributed by atoms with van der Waals surface area (Å²) in [5.41, 5.74) is -0.278. The van der Waals surface area contributed by atoms with E-state index in [0.29, 0.717) is 29.8 Å². The summed E-state index contributed by atoms with van der Waals surface area (Å²) in [6.07, 6.45) is 0.806. The molecule has 2 atom stereocenters. The van der Waals surface area contributed by atoms with Gasteiger partial charge in [0, 0.05) is 24.7 Å². The third-order valence-electron chi connectivity index (χ3n) is 8.07.